The van der Waals surface area contributed by atoms with E-state index in [1.807, 2.05) is 0 Å². The Morgan fingerprint density at radius 1 is 1.50 bits per heavy atom. The van der Waals surface area contributed by atoms with Crippen LogP contribution in [-0.4, -0.2) is 16.9 Å². The van der Waals surface area contributed by atoms with Gasteiger partial charge in [-0.3, -0.25) is 4.79 Å². The molecule has 16 heavy (non-hydrogen) atoms. The molecule has 90 valence electrons. The number of carbonyl (C=O) groups excluding carboxylic acids is 1. The van der Waals surface area contributed by atoms with Crippen molar-refractivity contribution in [3.63, 3.8) is 0 Å². The van der Waals surface area contributed by atoms with Crippen molar-refractivity contribution < 1.29 is 4.79 Å². The van der Waals surface area contributed by atoms with Gasteiger partial charge in [0.2, 0.25) is 0 Å². The SMILES string of the molecule is CC1(C)[C@@H]2CC[C@]1(C)C(=O)[C@@H]2NC(=S)NN. The minimum atomic E-state index is -0.209. The van der Waals surface area contributed by atoms with Crippen LogP contribution in [0.1, 0.15) is 33.6 Å². The van der Waals surface area contributed by atoms with Crippen molar-refractivity contribution >= 4 is 23.1 Å². The molecule has 2 aliphatic rings. The molecule has 0 heterocycles. The average molecular weight is 241 g/mol. The molecule has 2 bridgehead atoms. The number of ketones is 1. The van der Waals surface area contributed by atoms with Gasteiger partial charge in [0.25, 0.3) is 0 Å². The summed E-state index contributed by atoms with van der Waals surface area (Å²) < 4.78 is 0. The monoisotopic (exact) mass is 241 g/mol. The molecular weight excluding hydrogens is 222 g/mol. The lowest BCUT2D eigenvalue weighted by molar-refractivity contribution is -0.129. The Morgan fingerprint density at radius 3 is 2.56 bits per heavy atom. The summed E-state index contributed by atoms with van der Waals surface area (Å²) in [6.07, 6.45) is 2.07. The van der Waals surface area contributed by atoms with Gasteiger partial charge in [0.05, 0.1) is 6.04 Å². The van der Waals surface area contributed by atoms with Crippen LogP contribution in [0.5, 0.6) is 0 Å². The Balaban J connectivity index is 2.26. The lowest BCUT2D eigenvalue weighted by Gasteiger charge is -2.32. The second kappa shape index (κ2) is 3.40. The van der Waals surface area contributed by atoms with Crippen molar-refractivity contribution in [3.05, 3.63) is 0 Å². The first-order valence-corrected chi connectivity index (χ1v) is 6.07. The van der Waals surface area contributed by atoms with Crippen LogP contribution in [0.25, 0.3) is 0 Å². The highest BCUT2D eigenvalue weighted by molar-refractivity contribution is 7.80. The van der Waals surface area contributed by atoms with Gasteiger partial charge < -0.3 is 10.7 Å². The fraction of sp³-hybridized carbons (Fsp3) is 0.818. The van der Waals surface area contributed by atoms with E-state index in [0.717, 1.165) is 12.8 Å². The van der Waals surface area contributed by atoms with Crippen LogP contribution in [0.2, 0.25) is 0 Å². The fourth-order valence-corrected chi connectivity index (χ4v) is 3.56. The molecule has 0 aromatic rings. The fourth-order valence-electron chi connectivity index (χ4n) is 3.44. The van der Waals surface area contributed by atoms with Crippen LogP contribution in [0.15, 0.2) is 0 Å². The van der Waals surface area contributed by atoms with Crippen molar-refractivity contribution in [3.8, 4) is 0 Å². The van der Waals surface area contributed by atoms with Crippen molar-refractivity contribution in [2.45, 2.75) is 39.7 Å². The second-order valence-corrected chi connectivity index (χ2v) is 6.07. The van der Waals surface area contributed by atoms with Crippen molar-refractivity contribution in [1.82, 2.24) is 10.7 Å². The van der Waals surface area contributed by atoms with E-state index in [4.69, 9.17) is 18.1 Å². The first-order chi connectivity index (χ1) is 7.34. The smallest absolute Gasteiger partial charge is 0.181 e. The molecule has 2 aliphatic carbocycles. The third-order valence-corrected chi connectivity index (χ3v) is 5.19. The topological polar surface area (TPSA) is 67.2 Å². The Morgan fingerprint density at radius 2 is 2.12 bits per heavy atom. The lowest BCUT2D eigenvalue weighted by Crippen LogP contribution is -2.51. The molecule has 3 atom stereocenters. The van der Waals surface area contributed by atoms with Crippen LogP contribution in [-0.2, 0) is 4.79 Å². The second-order valence-electron chi connectivity index (χ2n) is 5.66. The van der Waals surface area contributed by atoms with Gasteiger partial charge in [-0.1, -0.05) is 20.8 Å². The van der Waals surface area contributed by atoms with Crippen LogP contribution < -0.4 is 16.6 Å². The van der Waals surface area contributed by atoms with E-state index in [0.29, 0.717) is 11.0 Å². The van der Waals surface area contributed by atoms with Gasteiger partial charge in [0.15, 0.2) is 10.9 Å². The maximum absolute atomic E-state index is 12.4. The number of hydrogen-bond donors (Lipinski definition) is 3. The van der Waals surface area contributed by atoms with Crippen molar-refractivity contribution in [1.29, 1.82) is 0 Å². The maximum atomic E-state index is 12.4. The zero-order valence-corrected chi connectivity index (χ0v) is 10.8. The number of hydrazine groups is 1. The Bertz CT molecular complexity index is 355. The highest BCUT2D eigenvalue weighted by atomic mass is 32.1. The third-order valence-electron chi connectivity index (χ3n) is 4.95. The minimum absolute atomic E-state index is 0.0476. The summed E-state index contributed by atoms with van der Waals surface area (Å²) in [5.74, 6) is 5.87. The van der Waals surface area contributed by atoms with E-state index in [2.05, 4.69) is 31.5 Å². The summed E-state index contributed by atoms with van der Waals surface area (Å²) in [6.45, 7) is 6.45. The lowest BCUT2D eigenvalue weighted by atomic mass is 9.70. The van der Waals surface area contributed by atoms with Gasteiger partial charge in [0, 0.05) is 5.41 Å². The molecule has 2 fully saturated rings. The number of fused-ring (bicyclic) bond motifs is 2. The minimum Gasteiger partial charge on any atom is -0.352 e. The highest BCUT2D eigenvalue weighted by Crippen LogP contribution is 2.63. The average Bonchev–Trinajstić information content (AvgIpc) is 2.53. The molecule has 4 nitrogen and oxygen atoms in total. The van der Waals surface area contributed by atoms with E-state index >= 15 is 0 Å². The van der Waals surface area contributed by atoms with Crippen LogP contribution in [0.4, 0.5) is 0 Å². The normalized spacial score (nSPS) is 39.9. The Kier molecular flexibility index (Phi) is 2.51. The zero-order valence-electron chi connectivity index (χ0n) is 9.96. The van der Waals surface area contributed by atoms with E-state index in [1.165, 1.54) is 0 Å². The van der Waals surface area contributed by atoms with Crippen LogP contribution >= 0.6 is 12.2 Å². The van der Waals surface area contributed by atoms with Gasteiger partial charge in [-0.2, -0.15) is 0 Å². The molecule has 0 saturated heterocycles. The number of nitrogens with one attached hydrogen (secondary N) is 2. The van der Waals surface area contributed by atoms with Crippen molar-refractivity contribution in [2.24, 2.45) is 22.6 Å². The summed E-state index contributed by atoms with van der Waals surface area (Å²) >= 11 is 4.97. The van der Waals surface area contributed by atoms with Gasteiger partial charge in [-0.15, -0.1) is 0 Å². The molecule has 4 N–H and O–H groups in total. The largest absolute Gasteiger partial charge is 0.352 e. The number of nitrogens with two attached hydrogens (primary N) is 1. The summed E-state index contributed by atoms with van der Waals surface area (Å²) in [5, 5.41) is 3.39. The Labute approximate surface area is 101 Å². The molecule has 0 aromatic carbocycles. The highest BCUT2D eigenvalue weighted by Gasteiger charge is 2.66. The van der Waals surface area contributed by atoms with E-state index in [-0.39, 0.29) is 22.7 Å². The summed E-state index contributed by atoms with van der Waals surface area (Å²) in [5.41, 5.74) is 2.22. The summed E-state index contributed by atoms with van der Waals surface area (Å²) in [7, 11) is 0. The third kappa shape index (κ3) is 1.24. The molecule has 0 amide bonds. The number of rotatable bonds is 1. The van der Waals surface area contributed by atoms with E-state index in [1.54, 1.807) is 0 Å². The molecule has 0 radical (unpaired) electrons. The molecule has 0 aliphatic heterocycles. The first kappa shape index (κ1) is 11.8. The molecule has 0 aromatic heterocycles. The Hall–Kier alpha value is -0.680. The van der Waals surface area contributed by atoms with Gasteiger partial charge in [0.1, 0.15) is 0 Å². The molecule has 0 spiro atoms. The van der Waals surface area contributed by atoms with Crippen LogP contribution in [0, 0.1) is 16.7 Å². The van der Waals surface area contributed by atoms with Crippen LogP contribution in [0.3, 0.4) is 0 Å². The van der Waals surface area contributed by atoms with Crippen molar-refractivity contribution in [2.75, 3.05) is 0 Å². The quantitative estimate of drug-likeness (QED) is 0.358. The number of carbonyl (C=O) groups is 1. The van der Waals surface area contributed by atoms with Gasteiger partial charge in [-0.05, 0) is 36.4 Å². The standard InChI is InChI=1S/C11H19N3OS/c1-10(2)6-4-5-11(10,3)8(15)7(6)13-9(16)14-12/h6-7H,4-5,12H2,1-3H3,(H2,13,14,16)/t6-,7-,11-/m1/s1. The predicted molar refractivity (Wildman–Crippen MR) is 66.5 cm³/mol. The zero-order chi connectivity index (χ0) is 12.1. The molecular formula is C11H19N3OS. The summed E-state index contributed by atoms with van der Waals surface area (Å²) in [4.78, 5) is 12.4. The molecule has 2 rings (SSSR count). The predicted octanol–water partition coefficient (Wildman–Crippen LogP) is 0.718. The van der Waals surface area contributed by atoms with Gasteiger partial charge in [-0.25, -0.2) is 5.84 Å². The number of thiocarbonyl (C=S) groups is 1. The van der Waals surface area contributed by atoms with Gasteiger partial charge >= 0.3 is 0 Å². The van der Waals surface area contributed by atoms with E-state index < -0.39 is 0 Å². The molecule has 5 heteroatoms. The number of hydrogen-bond acceptors (Lipinski definition) is 3. The summed E-state index contributed by atoms with van der Waals surface area (Å²) in [6, 6.07) is -0.169. The molecule has 2 saturated carbocycles. The maximum Gasteiger partial charge on any atom is 0.181 e. The number of Topliss-reactive ketones (excluding diaryl/α,β-unsaturated/α-hetero) is 1. The first-order valence-electron chi connectivity index (χ1n) is 5.66. The van der Waals surface area contributed by atoms with E-state index in [9.17, 15) is 4.79 Å². The molecule has 0 unspecified atom stereocenters.